The average Bonchev–Trinajstić information content (AvgIpc) is 2.03. The molecule has 0 amide bonds. The monoisotopic (exact) mass is 166 g/mol. The predicted octanol–water partition coefficient (Wildman–Crippen LogP) is 2.36. The number of hydrogen-bond acceptors (Lipinski definition) is 2. The fourth-order valence-electron chi connectivity index (χ4n) is 0.761. The number of nitriles is 1. The van der Waals surface area contributed by atoms with Crippen LogP contribution in [0.15, 0.2) is 18.3 Å². The van der Waals surface area contributed by atoms with Gasteiger partial charge in [0.25, 0.3) is 0 Å². The third-order valence-corrected chi connectivity index (χ3v) is 1.65. The van der Waals surface area contributed by atoms with Gasteiger partial charge in [-0.25, -0.2) is 4.98 Å². The molecule has 1 aromatic heterocycles. The van der Waals surface area contributed by atoms with Crippen LogP contribution in [-0.4, -0.2) is 4.98 Å². The third-order valence-electron chi connectivity index (χ3n) is 1.44. The Morgan fingerprint density at radius 3 is 3.00 bits per heavy atom. The van der Waals surface area contributed by atoms with Gasteiger partial charge in [-0.05, 0) is 24.6 Å². The van der Waals surface area contributed by atoms with Gasteiger partial charge in [-0.15, -0.1) is 0 Å². The summed E-state index contributed by atoms with van der Waals surface area (Å²) in [5.41, 5.74) is 0.910. The molecule has 1 rings (SSSR count). The van der Waals surface area contributed by atoms with Crippen LogP contribution in [-0.2, 0) is 0 Å². The molecule has 11 heavy (non-hydrogen) atoms. The Labute approximate surface area is 70.4 Å². The molecular formula is C8H7ClN2. The van der Waals surface area contributed by atoms with Crippen molar-refractivity contribution in [2.75, 3.05) is 0 Å². The lowest BCUT2D eigenvalue weighted by Gasteiger charge is -2.00. The lowest BCUT2D eigenvalue weighted by atomic mass is 10.1. The van der Waals surface area contributed by atoms with E-state index in [2.05, 4.69) is 11.1 Å². The average molecular weight is 167 g/mol. The maximum absolute atomic E-state index is 8.57. The van der Waals surface area contributed by atoms with Crippen molar-refractivity contribution >= 4 is 11.6 Å². The summed E-state index contributed by atoms with van der Waals surface area (Å²) < 4.78 is 0. The van der Waals surface area contributed by atoms with E-state index in [-0.39, 0.29) is 5.92 Å². The molecule has 0 saturated heterocycles. The van der Waals surface area contributed by atoms with Gasteiger partial charge in [-0.1, -0.05) is 11.6 Å². The predicted molar refractivity (Wildman–Crippen MR) is 43.3 cm³/mol. The molecule has 0 N–H and O–H groups in total. The van der Waals surface area contributed by atoms with Crippen LogP contribution in [0.4, 0.5) is 0 Å². The van der Waals surface area contributed by atoms with Crippen molar-refractivity contribution in [2.24, 2.45) is 0 Å². The molecule has 0 aliphatic carbocycles. The Balaban J connectivity index is 2.98. The van der Waals surface area contributed by atoms with E-state index in [1.807, 2.05) is 6.92 Å². The Morgan fingerprint density at radius 2 is 2.45 bits per heavy atom. The van der Waals surface area contributed by atoms with Crippen molar-refractivity contribution in [3.8, 4) is 6.07 Å². The van der Waals surface area contributed by atoms with Gasteiger partial charge in [-0.2, -0.15) is 5.26 Å². The number of halogens is 1. The van der Waals surface area contributed by atoms with Gasteiger partial charge in [-0.3, -0.25) is 0 Å². The quantitative estimate of drug-likeness (QED) is 0.601. The first-order valence-electron chi connectivity index (χ1n) is 3.25. The van der Waals surface area contributed by atoms with E-state index in [1.165, 1.54) is 0 Å². The highest BCUT2D eigenvalue weighted by Gasteiger charge is 2.02. The summed E-state index contributed by atoms with van der Waals surface area (Å²) in [4.78, 5) is 3.81. The highest BCUT2D eigenvalue weighted by molar-refractivity contribution is 6.29. The molecule has 1 atom stereocenters. The van der Waals surface area contributed by atoms with E-state index >= 15 is 0 Å². The van der Waals surface area contributed by atoms with Crippen LogP contribution in [0.2, 0.25) is 5.15 Å². The van der Waals surface area contributed by atoms with E-state index in [0.717, 1.165) is 5.56 Å². The molecule has 0 spiro atoms. The van der Waals surface area contributed by atoms with Gasteiger partial charge in [0.2, 0.25) is 0 Å². The summed E-state index contributed by atoms with van der Waals surface area (Å²) in [5, 5.41) is 9.00. The van der Waals surface area contributed by atoms with E-state index in [4.69, 9.17) is 16.9 Å². The second-order valence-electron chi connectivity index (χ2n) is 2.26. The molecule has 3 heteroatoms. The summed E-state index contributed by atoms with van der Waals surface area (Å²) in [6, 6.07) is 5.62. The minimum atomic E-state index is -0.115. The van der Waals surface area contributed by atoms with E-state index < -0.39 is 0 Å². The fourth-order valence-corrected chi connectivity index (χ4v) is 0.944. The number of aromatic nitrogens is 1. The summed E-state index contributed by atoms with van der Waals surface area (Å²) in [6.45, 7) is 1.83. The van der Waals surface area contributed by atoms with Crippen molar-refractivity contribution < 1.29 is 0 Å². The maximum Gasteiger partial charge on any atom is 0.129 e. The van der Waals surface area contributed by atoms with Crippen LogP contribution in [0.5, 0.6) is 0 Å². The van der Waals surface area contributed by atoms with Gasteiger partial charge < -0.3 is 0 Å². The van der Waals surface area contributed by atoms with Crippen LogP contribution in [0.25, 0.3) is 0 Å². The van der Waals surface area contributed by atoms with Gasteiger partial charge in [0.05, 0.1) is 12.0 Å². The van der Waals surface area contributed by atoms with E-state index in [1.54, 1.807) is 18.3 Å². The first-order chi connectivity index (χ1) is 5.24. The number of nitrogens with zero attached hydrogens (tertiary/aromatic N) is 2. The molecule has 0 aromatic carbocycles. The van der Waals surface area contributed by atoms with Crippen molar-refractivity contribution in [3.63, 3.8) is 0 Å². The molecule has 0 radical (unpaired) electrons. The molecule has 0 aliphatic heterocycles. The molecular weight excluding hydrogens is 160 g/mol. The molecule has 0 saturated carbocycles. The SMILES string of the molecule is CC(C#N)c1ccnc(Cl)c1. The molecule has 1 aromatic rings. The number of rotatable bonds is 1. The van der Waals surface area contributed by atoms with Gasteiger partial charge in [0, 0.05) is 6.20 Å². The fraction of sp³-hybridized carbons (Fsp3) is 0.250. The largest absolute Gasteiger partial charge is 0.245 e. The van der Waals surface area contributed by atoms with E-state index in [0.29, 0.717) is 5.15 Å². The van der Waals surface area contributed by atoms with Gasteiger partial charge >= 0.3 is 0 Å². The third kappa shape index (κ3) is 1.92. The smallest absolute Gasteiger partial charge is 0.129 e. The first-order valence-corrected chi connectivity index (χ1v) is 3.63. The zero-order valence-electron chi connectivity index (χ0n) is 6.08. The summed E-state index contributed by atoms with van der Waals surface area (Å²) in [6.07, 6.45) is 1.60. The second kappa shape index (κ2) is 3.36. The second-order valence-corrected chi connectivity index (χ2v) is 2.65. The molecule has 56 valence electrons. The van der Waals surface area contributed by atoms with E-state index in [9.17, 15) is 0 Å². The normalized spacial score (nSPS) is 12.1. The Hall–Kier alpha value is -1.07. The summed E-state index contributed by atoms with van der Waals surface area (Å²) in [7, 11) is 0. The Bertz CT molecular complexity index is 290. The Morgan fingerprint density at radius 1 is 1.73 bits per heavy atom. The van der Waals surface area contributed by atoms with Crippen LogP contribution in [0.1, 0.15) is 18.4 Å². The minimum Gasteiger partial charge on any atom is -0.245 e. The first kappa shape index (κ1) is 8.03. The highest BCUT2D eigenvalue weighted by Crippen LogP contribution is 2.15. The number of hydrogen-bond donors (Lipinski definition) is 0. The zero-order chi connectivity index (χ0) is 8.27. The van der Waals surface area contributed by atoms with Gasteiger partial charge in [0.1, 0.15) is 5.15 Å². The lowest BCUT2D eigenvalue weighted by molar-refractivity contribution is 0.975. The number of pyridine rings is 1. The molecule has 2 nitrogen and oxygen atoms in total. The van der Waals surface area contributed by atoms with Crippen LogP contribution >= 0.6 is 11.6 Å². The zero-order valence-corrected chi connectivity index (χ0v) is 6.84. The van der Waals surface area contributed by atoms with Crippen LogP contribution < -0.4 is 0 Å². The molecule has 1 heterocycles. The highest BCUT2D eigenvalue weighted by atomic mass is 35.5. The maximum atomic E-state index is 8.57. The summed E-state index contributed by atoms with van der Waals surface area (Å²) in [5.74, 6) is -0.115. The van der Waals surface area contributed by atoms with Crippen molar-refractivity contribution in [1.29, 1.82) is 5.26 Å². The molecule has 1 unspecified atom stereocenters. The lowest BCUT2D eigenvalue weighted by Crippen LogP contribution is -1.89. The minimum absolute atomic E-state index is 0.115. The molecule has 0 bridgehead atoms. The van der Waals surface area contributed by atoms with Gasteiger partial charge in [0.15, 0.2) is 0 Å². The summed E-state index contributed by atoms with van der Waals surface area (Å²) >= 11 is 5.63. The van der Waals surface area contributed by atoms with Crippen LogP contribution in [0.3, 0.4) is 0 Å². The molecule has 0 fully saturated rings. The van der Waals surface area contributed by atoms with Crippen LogP contribution in [0, 0.1) is 11.3 Å². The van der Waals surface area contributed by atoms with Crippen molar-refractivity contribution in [2.45, 2.75) is 12.8 Å². The Kier molecular flexibility index (Phi) is 2.45. The standard InChI is InChI=1S/C8H7ClN2/c1-6(5-10)7-2-3-11-8(9)4-7/h2-4,6H,1H3. The topological polar surface area (TPSA) is 36.7 Å². The van der Waals surface area contributed by atoms with Crippen molar-refractivity contribution in [1.82, 2.24) is 4.98 Å². The van der Waals surface area contributed by atoms with Crippen molar-refractivity contribution in [3.05, 3.63) is 29.0 Å². The molecule has 0 aliphatic rings.